The van der Waals surface area contributed by atoms with Gasteiger partial charge in [-0.1, -0.05) is 0 Å². The molecule has 3 aromatic heterocycles. The van der Waals surface area contributed by atoms with Crippen LogP contribution in [0.1, 0.15) is 11.1 Å². The van der Waals surface area contributed by atoms with Gasteiger partial charge in [-0.2, -0.15) is 10.5 Å². The quantitative estimate of drug-likeness (QED) is 0.535. The molecule has 0 aliphatic rings. The molecule has 7 nitrogen and oxygen atoms in total. The second kappa shape index (κ2) is 10.3. The number of nitrogens with zero attached hydrogens (tertiary/aromatic N) is 5. The van der Waals surface area contributed by atoms with E-state index in [9.17, 15) is 0 Å². The Morgan fingerprint density at radius 3 is 2.33 bits per heavy atom. The second-order valence-corrected chi connectivity index (χ2v) is 4.37. The maximum absolute atomic E-state index is 9.04. The van der Waals surface area contributed by atoms with Crippen LogP contribution in [0, 0.1) is 22.7 Å². The van der Waals surface area contributed by atoms with E-state index in [1.165, 1.54) is 0 Å². The Labute approximate surface area is 143 Å². The van der Waals surface area contributed by atoms with Gasteiger partial charge in [-0.3, -0.25) is 0 Å². The van der Waals surface area contributed by atoms with Crippen molar-refractivity contribution in [2.75, 3.05) is 11.6 Å². The number of rotatable bonds is 1. The normalized spacial score (nSPS) is 8.62. The molecule has 0 aliphatic carbocycles. The van der Waals surface area contributed by atoms with Crippen LogP contribution in [0.2, 0.25) is 0 Å². The van der Waals surface area contributed by atoms with Crippen molar-refractivity contribution in [1.82, 2.24) is 14.4 Å². The van der Waals surface area contributed by atoms with Crippen LogP contribution < -0.4 is 5.73 Å². The molecule has 0 radical (unpaired) electrons. The summed E-state index contributed by atoms with van der Waals surface area (Å²) in [4.78, 5) is 16.8. The zero-order chi connectivity index (χ0) is 17.8. The van der Waals surface area contributed by atoms with Crippen molar-refractivity contribution in [3.8, 4) is 12.1 Å². The van der Waals surface area contributed by atoms with E-state index in [2.05, 4.69) is 16.0 Å². The lowest BCUT2D eigenvalue weighted by Crippen LogP contribution is -1.91. The first-order valence-corrected chi connectivity index (χ1v) is 7.13. The highest BCUT2D eigenvalue weighted by Crippen LogP contribution is 2.05. The Balaban J connectivity index is 0.000000201. The van der Waals surface area contributed by atoms with Crippen LogP contribution in [0.3, 0.4) is 0 Å². The highest BCUT2D eigenvalue weighted by Gasteiger charge is 1.98. The third-order valence-electron chi connectivity index (χ3n) is 2.56. The van der Waals surface area contributed by atoms with Crippen molar-refractivity contribution >= 4 is 29.4 Å². The van der Waals surface area contributed by atoms with Crippen molar-refractivity contribution in [3.63, 3.8) is 0 Å². The highest BCUT2D eigenvalue weighted by atomic mass is 35.5. The van der Waals surface area contributed by atoms with Gasteiger partial charge in [0.1, 0.15) is 24.2 Å². The van der Waals surface area contributed by atoms with E-state index in [4.69, 9.17) is 32.7 Å². The van der Waals surface area contributed by atoms with E-state index >= 15 is 0 Å². The predicted octanol–water partition coefficient (Wildman–Crippen LogP) is 2.17. The Morgan fingerprint density at radius 2 is 1.79 bits per heavy atom. The number of nitriles is 2. The van der Waals surface area contributed by atoms with Gasteiger partial charge in [-0.25, -0.2) is 9.97 Å². The molecule has 0 atom stereocenters. The van der Waals surface area contributed by atoms with E-state index in [0.29, 0.717) is 23.2 Å². The molecule has 2 N–H and O–H groups in total. The number of aromatic nitrogens is 3. The molecule has 0 unspecified atom stereocenters. The van der Waals surface area contributed by atoms with Crippen molar-refractivity contribution in [2.24, 2.45) is 0 Å². The molecule has 8 heteroatoms. The zero-order valence-corrected chi connectivity index (χ0v) is 13.3. The number of halogens is 1. The van der Waals surface area contributed by atoms with Crippen molar-refractivity contribution in [1.29, 1.82) is 10.5 Å². The van der Waals surface area contributed by atoms with Gasteiger partial charge in [-0.15, -0.1) is 11.6 Å². The van der Waals surface area contributed by atoms with Crippen LogP contribution in [-0.2, 0) is 4.79 Å². The fourth-order valence-corrected chi connectivity index (χ4v) is 1.55. The van der Waals surface area contributed by atoms with Gasteiger partial charge in [-0.05, 0) is 24.3 Å². The number of pyridine rings is 2. The Hall–Kier alpha value is -3.42. The summed E-state index contributed by atoms with van der Waals surface area (Å²) in [5.74, 6) is 0.403. The van der Waals surface area contributed by atoms with E-state index in [-0.39, 0.29) is 5.88 Å². The number of anilines is 1. The molecule has 120 valence electrons. The molecule has 3 aromatic rings. The number of nitrogen functional groups attached to an aromatic ring is 1. The number of carbonyl (C=O) groups excluding carboxylic acids is 1. The fourth-order valence-electron chi connectivity index (χ4n) is 1.55. The number of hydrogen-bond acceptors (Lipinski definition) is 6. The minimum atomic E-state index is 0.111. The molecule has 0 aromatic carbocycles. The predicted molar refractivity (Wildman–Crippen MR) is 90.1 cm³/mol. The maximum atomic E-state index is 9.04. The van der Waals surface area contributed by atoms with Gasteiger partial charge in [0.15, 0.2) is 5.65 Å². The summed E-state index contributed by atoms with van der Waals surface area (Å²) < 4.78 is 1.82. The first kappa shape index (κ1) is 18.6. The van der Waals surface area contributed by atoms with Crippen molar-refractivity contribution in [2.45, 2.75) is 0 Å². The molecule has 0 saturated heterocycles. The van der Waals surface area contributed by atoms with Crippen LogP contribution >= 0.6 is 11.6 Å². The number of nitrogens with two attached hydrogens (primary N) is 1. The van der Waals surface area contributed by atoms with E-state index in [1.54, 1.807) is 30.6 Å². The first-order valence-electron chi connectivity index (χ1n) is 6.59. The van der Waals surface area contributed by atoms with Gasteiger partial charge in [0.05, 0.1) is 17.0 Å². The minimum absolute atomic E-state index is 0.111. The largest absolute Gasteiger partial charge is 0.383 e. The lowest BCUT2D eigenvalue weighted by Gasteiger charge is -1.91. The number of alkyl halides is 1. The smallest absolute Gasteiger partial charge is 0.154 e. The highest BCUT2D eigenvalue weighted by molar-refractivity contribution is 6.24. The van der Waals surface area contributed by atoms with E-state index in [1.807, 2.05) is 28.9 Å². The molecule has 0 spiro atoms. The van der Waals surface area contributed by atoms with E-state index < -0.39 is 0 Å². The number of hydrogen-bond donors (Lipinski definition) is 1. The molecule has 0 saturated carbocycles. The Morgan fingerprint density at radius 1 is 1.12 bits per heavy atom. The summed E-state index contributed by atoms with van der Waals surface area (Å²) in [5.41, 5.74) is 7.05. The molecule has 0 fully saturated rings. The topological polar surface area (TPSA) is 121 Å². The van der Waals surface area contributed by atoms with Gasteiger partial charge >= 0.3 is 0 Å². The van der Waals surface area contributed by atoms with Crippen LogP contribution in [0.25, 0.3) is 5.65 Å². The van der Waals surface area contributed by atoms with Gasteiger partial charge < -0.3 is 14.9 Å². The lowest BCUT2D eigenvalue weighted by atomic mass is 10.3. The van der Waals surface area contributed by atoms with Crippen molar-refractivity contribution in [3.05, 3.63) is 60.2 Å². The average molecular weight is 341 g/mol. The molecular formula is C16H13ClN6O. The molecule has 0 amide bonds. The zero-order valence-electron chi connectivity index (χ0n) is 12.5. The number of fused-ring (bicyclic) bond motifs is 1. The van der Waals surface area contributed by atoms with Gasteiger partial charge in [0.2, 0.25) is 0 Å². The molecule has 0 bridgehead atoms. The van der Waals surface area contributed by atoms with Crippen LogP contribution in [0.4, 0.5) is 5.82 Å². The maximum Gasteiger partial charge on any atom is 0.154 e. The summed E-state index contributed by atoms with van der Waals surface area (Å²) in [6, 6.07) is 10.9. The fraction of sp³-hybridized carbons (Fsp3) is 0.0625. The summed E-state index contributed by atoms with van der Waals surface area (Å²) in [5, 5.41) is 17.0. The monoisotopic (exact) mass is 340 g/mol. The third-order valence-corrected chi connectivity index (χ3v) is 2.69. The SMILES string of the molecule is N#Cc1cccn2ccnc12.N#Cc1cccnc1N.O=CCCl. The summed E-state index contributed by atoms with van der Waals surface area (Å²) in [6.07, 6.45) is 7.55. The first-order chi connectivity index (χ1) is 11.7. The summed E-state index contributed by atoms with van der Waals surface area (Å²) in [6.45, 7) is 0. The Bertz CT molecular complexity index is 878. The lowest BCUT2D eigenvalue weighted by molar-refractivity contribution is -0.105. The number of imidazole rings is 1. The average Bonchev–Trinajstić information content (AvgIpc) is 3.11. The molecule has 0 aliphatic heterocycles. The van der Waals surface area contributed by atoms with E-state index in [0.717, 1.165) is 5.65 Å². The Kier molecular flexibility index (Phi) is 8.02. The molecular weight excluding hydrogens is 328 g/mol. The minimum Gasteiger partial charge on any atom is -0.383 e. The second-order valence-electron chi connectivity index (χ2n) is 4.06. The molecule has 3 heterocycles. The molecule has 24 heavy (non-hydrogen) atoms. The van der Waals surface area contributed by atoms with Gasteiger partial charge in [0.25, 0.3) is 0 Å². The number of carbonyl (C=O) groups is 1. The van der Waals surface area contributed by atoms with Crippen LogP contribution in [-0.4, -0.2) is 26.5 Å². The van der Waals surface area contributed by atoms with Crippen molar-refractivity contribution < 1.29 is 4.79 Å². The summed E-state index contributed by atoms with van der Waals surface area (Å²) in [7, 11) is 0. The van der Waals surface area contributed by atoms with Crippen LogP contribution in [0.5, 0.6) is 0 Å². The molecule has 3 rings (SSSR count). The van der Waals surface area contributed by atoms with Gasteiger partial charge in [0, 0.05) is 24.8 Å². The standard InChI is InChI=1S/C8H5N3.C6H5N3.C2H3ClO/c9-6-7-2-1-4-11-5-3-10-8(7)11;7-4-5-2-1-3-9-6(5)8;3-1-2-4/h1-5H;1-3H,(H2,8,9);2H,1H2. The number of aldehydes is 1. The van der Waals surface area contributed by atoms with Crippen LogP contribution in [0.15, 0.2) is 49.1 Å². The third kappa shape index (κ3) is 5.41. The summed E-state index contributed by atoms with van der Waals surface area (Å²) >= 11 is 4.82.